The molecule has 0 fully saturated rings. The molecule has 0 saturated carbocycles. The van der Waals surface area contributed by atoms with E-state index in [1.807, 2.05) is 0 Å². The summed E-state index contributed by atoms with van der Waals surface area (Å²) in [6.07, 6.45) is -0.792. The second kappa shape index (κ2) is 6.78. The molecule has 0 aliphatic heterocycles. The zero-order valence-corrected chi connectivity index (χ0v) is 10.8. The third-order valence-corrected chi connectivity index (χ3v) is 2.93. The third-order valence-electron chi connectivity index (χ3n) is 2.93. The van der Waals surface area contributed by atoms with E-state index in [9.17, 15) is 13.2 Å². The van der Waals surface area contributed by atoms with Crippen molar-refractivity contribution >= 4 is 0 Å². The van der Waals surface area contributed by atoms with E-state index in [1.165, 1.54) is 12.1 Å². The normalized spacial score (nSPS) is 13.6. The Bertz CT molecular complexity index is 360. The number of hydrogen-bond acceptors (Lipinski definition) is 1. The molecule has 18 heavy (non-hydrogen) atoms. The predicted molar refractivity (Wildman–Crippen MR) is 65.5 cm³/mol. The highest BCUT2D eigenvalue weighted by atomic mass is 19.4. The van der Waals surface area contributed by atoms with Crippen LogP contribution in [0.2, 0.25) is 0 Å². The maximum atomic E-state index is 12.6. The van der Waals surface area contributed by atoms with E-state index >= 15 is 0 Å². The first-order chi connectivity index (χ1) is 8.47. The summed E-state index contributed by atoms with van der Waals surface area (Å²) < 4.78 is 43.0. The number of halogens is 3. The monoisotopic (exact) mass is 260 g/mol. The molecule has 0 heterocycles. The van der Waals surface area contributed by atoms with E-state index in [-0.39, 0.29) is 6.10 Å². The van der Waals surface area contributed by atoms with Gasteiger partial charge in [-0.25, -0.2) is 0 Å². The van der Waals surface area contributed by atoms with E-state index < -0.39 is 11.7 Å². The third kappa shape index (κ3) is 4.69. The Morgan fingerprint density at radius 1 is 1.28 bits per heavy atom. The molecule has 1 aromatic carbocycles. The molecule has 102 valence electrons. The van der Waals surface area contributed by atoms with Gasteiger partial charge in [0.05, 0.1) is 11.7 Å². The molecule has 0 radical (unpaired) electrons. The molecule has 4 heteroatoms. The Balaban J connectivity index is 2.71. The van der Waals surface area contributed by atoms with Crippen LogP contribution >= 0.6 is 0 Å². The summed E-state index contributed by atoms with van der Waals surface area (Å²) in [5.74, 6) is 0. The van der Waals surface area contributed by atoms with Crippen LogP contribution in [0.5, 0.6) is 0 Å². The van der Waals surface area contributed by atoms with Crippen molar-refractivity contribution in [3.63, 3.8) is 0 Å². The van der Waals surface area contributed by atoms with Gasteiger partial charge in [0.15, 0.2) is 0 Å². The van der Waals surface area contributed by atoms with Crippen molar-refractivity contribution in [2.45, 2.75) is 44.9 Å². The van der Waals surface area contributed by atoms with Gasteiger partial charge >= 0.3 is 6.18 Å². The summed E-state index contributed by atoms with van der Waals surface area (Å²) in [6.45, 7) is 2.08. The number of alkyl halides is 3. The van der Waals surface area contributed by atoms with Gasteiger partial charge in [0, 0.05) is 7.11 Å². The van der Waals surface area contributed by atoms with Gasteiger partial charge in [0.1, 0.15) is 0 Å². The molecule has 1 atom stereocenters. The maximum absolute atomic E-state index is 12.6. The van der Waals surface area contributed by atoms with E-state index in [4.69, 9.17) is 4.74 Å². The smallest absolute Gasteiger partial charge is 0.381 e. The van der Waals surface area contributed by atoms with E-state index in [0.29, 0.717) is 12.0 Å². The Hall–Kier alpha value is -1.03. The summed E-state index contributed by atoms with van der Waals surface area (Å²) in [5.41, 5.74) is 0.0816. The molecule has 1 aromatic rings. The van der Waals surface area contributed by atoms with Crippen molar-refractivity contribution in [3.05, 3.63) is 35.4 Å². The molecular weight excluding hydrogens is 241 g/mol. The van der Waals surface area contributed by atoms with Crippen molar-refractivity contribution < 1.29 is 17.9 Å². The number of ether oxygens (including phenoxy) is 1. The van der Waals surface area contributed by atoms with Gasteiger partial charge in [-0.1, -0.05) is 38.0 Å². The van der Waals surface area contributed by atoms with Crippen molar-refractivity contribution in [2.24, 2.45) is 0 Å². The number of benzene rings is 1. The molecule has 1 nitrogen and oxygen atoms in total. The number of methoxy groups -OCH3 is 1. The minimum atomic E-state index is -4.28. The lowest BCUT2D eigenvalue weighted by molar-refractivity contribution is -0.137. The second-order valence-corrected chi connectivity index (χ2v) is 4.40. The summed E-state index contributed by atoms with van der Waals surface area (Å²) in [7, 11) is 1.61. The topological polar surface area (TPSA) is 9.23 Å². The molecule has 1 rings (SSSR count). The molecule has 1 unspecified atom stereocenters. The van der Waals surface area contributed by atoms with Crippen LogP contribution in [0.1, 0.15) is 37.3 Å². The van der Waals surface area contributed by atoms with Crippen LogP contribution in [-0.4, -0.2) is 13.2 Å². The standard InChI is InChI=1S/C14H19F3O/c1-3-4-8-13(18-2)10-11-6-5-7-12(9-11)14(15,16)17/h5-7,9,13H,3-4,8,10H2,1-2H3. The van der Waals surface area contributed by atoms with Gasteiger partial charge in [0.2, 0.25) is 0 Å². The van der Waals surface area contributed by atoms with E-state index in [0.717, 1.165) is 25.3 Å². The first-order valence-electron chi connectivity index (χ1n) is 6.16. The highest BCUT2D eigenvalue weighted by Crippen LogP contribution is 2.29. The predicted octanol–water partition coefficient (Wildman–Crippen LogP) is 4.45. The minimum absolute atomic E-state index is 0.00608. The average molecular weight is 260 g/mol. The molecule has 0 N–H and O–H groups in total. The van der Waals surface area contributed by atoms with Gasteiger partial charge in [-0.05, 0) is 24.5 Å². The molecule has 0 aliphatic carbocycles. The zero-order chi connectivity index (χ0) is 13.6. The molecule has 0 saturated heterocycles. The summed E-state index contributed by atoms with van der Waals surface area (Å²) in [4.78, 5) is 0. The fraction of sp³-hybridized carbons (Fsp3) is 0.571. The molecule has 0 bridgehead atoms. The van der Waals surface area contributed by atoms with E-state index in [1.54, 1.807) is 13.2 Å². The molecular formula is C14H19F3O. The highest BCUT2D eigenvalue weighted by molar-refractivity contribution is 5.26. The lowest BCUT2D eigenvalue weighted by atomic mass is 10.0. The van der Waals surface area contributed by atoms with Crippen LogP contribution in [0.4, 0.5) is 13.2 Å². The fourth-order valence-electron chi connectivity index (χ4n) is 1.87. The van der Waals surface area contributed by atoms with Crippen molar-refractivity contribution in [1.82, 2.24) is 0 Å². The number of hydrogen-bond donors (Lipinski definition) is 0. The van der Waals surface area contributed by atoms with Crippen molar-refractivity contribution in [1.29, 1.82) is 0 Å². The Morgan fingerprint density at radius 2 is 2.00 bits per heavy atom. The van der Waals surface area contributed by atoms with Gasteiger partial charge in [-0.15, -0.1) is 0 Å². The van der Waals surface area contributed by atoms with Crippen LogP contribution in [-0.2, 0) is 17.3 Å². The molecule has 0 spiro atoms. The molecule has 0 aromatic heterocycles. The van der Waals surface area contributed by atoms with Crippen LogP contribution in [0, 0.1) is 0 Å². The van der Waals surface area contributed by atoms with Crippen LogP contribution in [0.3, 0.4) is 0 Å². The fourth-order valence-corrected chi connectivity index (χ4v) is 1.87. The largest absolute Gasteiger partial charge is 0.416 e. The Labute approximate surface area is 106 Å². The van der Waals surface area contributed by atoms with Crippen LogP contribution in [0.25, 0.3) is 0 Å². The van der Waals surface area contributed by atoms with Crippen molar-refractivity contribution in [3.8, 4) is 0 Å². The quantitative estimate of drug-likeness (QED) is 0.734. The number of rotatable bonds is 6. The number of unbranched alkanes of at least 4 members (excludes halogenated alkanes) is 1. The molecule has 0 aliphatic rings. The van der Waals surface area contributed by atoms with Crippen LogP contribution in [0.15, 0.2) is 24.3 Å². The first kappa shape index (κ1) is 15.0. The van der Waals surface area contributed by atoms with Gasteiger partial charge in [-0.2, -0.15) is 13.2 Å². The second-order valence-electron chi connectivity index (χ2n) is 4.40. The lowest BCUT2D eigenvalue weighted by Gasteiger charge is -2.16. The van der Waals surface area contributed by atoms with Gasteiger partial charge < -0.3 is 4.74 Å². The Morgan fingerprint density at radius 3 is 2.56 bits per heavy atom. The maximum Gasteiger partial charge on any atom is 0.416 e. The van der Waals surface area contributed by atoms with Gasteiger partial charge in [0.25, 0.3) is 0 Å². The summed E-state index contributed by atoms with van der Waals surface area (Å²) >= 11 is 0. The van der Waals surface area contributed by atoms with E-state index in [2.05, 4.69) is 6.92 Å². The zero-order valence-electron chi connectivity index (χ0n) is 10.8. The summed E-state index contributed by atoms with van der Waals surface area (Å²) in [5, 5.41) is 0. The average Bonchev–Trinajstić information content (AvgIpc) is 2.33. The first-order valence-corrected chi connectivity index (χ1v) is 6.16. The molecule has 0 amide bonds. The summed E-state index contributed by atoms with van der Waals surface area (Å²) in [6, 6.07) is 5.47. The minimum Gasteiger partial charge on any atom is -0.381 e. The Kier molecular flexibility index (Phi) is 5.66. The lowest BCUT2D eigenvalue weighted by Crippen LogP contribution is -2.14. The van der Waals surface area contributed by atoms with Gasteiger partial charge in [-0.3, -0.25) is 0 Å². The van der Waals surface area contributed by atoms with Crippen molar-refractivity contribution in [2.75, 3.05) is 7.11 Å². The highest BCUT2D eigenvalue weighted by Gasteiger charge is 2.30. The van der Waals surface area contributed by atoms with Crippen LogP contribution < -0.4 is 0 Å². The SMILES string of the molecule is CCCCC(Cc1cccc(C(F)(F)F)c1)OC.